The summed E-state index contributed by atoms with van der Waals surface area (Å²) in [6.45, 7) is 4.47. The van der Waals surface area contributed by atoms with Crippen molar-refractivity contribution >= 4 is 0 Å². The Kier molecular flexibility index (Phi) is 5.02. The standard InChI is InChI=1S/C17H18F3N/c1-3-21-15(10-12-6-4-5-11(2)9-12)13-7-8-14(18)17(20)16(13)19/h4-9,15,21H,3,10H2,1-2H3. The number of hydrogen-bond acceptors (Lipinski definition) is 1. The van der Waals surface area contributed by atoms with Crippen LogP contribution in [0.2, 0.25) is 0 Å². The summed E-state index contributed by atoms with van der Waals surface area (Å²) in [4.78, 5) is 0. The van der Waals surface area contributed by atoms with E-state index in [0.29, 0.717) is 13.0 Å². The van der Waals surface area contributed by atoms with Crippen molar-refractivity contribution in [3.05, 3.63) is 70.5 Å². The third-order valence-corrected chi connectivity index (χ3v) is 3.41. The molecule has 4 heteroatoms. The number of rotatable bonds is 5. The maximum absolute atomic E-state index is 14.0. The molecule has 0 heterocycles. The number of nitrogens with one attached hydrogen (secondary N) is 1. The van der Waals surface area contributed by atoms with Crippen LogP contribution in [0.15, 0.2) is 36.4 Å². The van der Waals surface area contributed by atoms with Crippen LogP contribution >= 0.6 is 0 Å². The molecule has 1 unspecified atom stereocenters. The lowest BCUT2D eigenvalue weighted by molar-refractivity contribution is 0.425. The van der Waals surface area contributed by atoms with Crippen LogP contribution < -0.4 is 5.32 Å². The van der Waals surface area contributed by atoms with Crippen LogP contribution in [0.4, 0.5) is 13.2 Å². The van der Waals surface area contributed by atoms with Gasteiger partial charge in [-0.2, -0.15) is 0 Å². The molecule has 0 aromatic heterocycles. The Morgan fingerprint density at radius 1 is 1.05 bits per heavy atom. The molecule has 0 radical (unpaired) electrons. The summed E-state index contributed by atoms with van der Waals surface area (Å²) >= 11 is 0. The predicted molar refractivity (Wildman–Crippen MR) is 77.6 cm³/mol. The zero-order chi connectivity index (χ0) is 15.4. The molecule has 0 aliphatic rings. The van der Waals surface area contributed by atoms with E-state index in [0.717, 1.165) is 17.2 Å². The fourth-order valence-corrected chi connectivity index (χ4v) is 2.42. The normalized spacial score (nSPS) is 12.4. The average Bonchev–Trinajstić information content (AvgIpc) is 2.45. The van der Waals surface area contributed by atoms with E-state index in [-0.39, 0.29) is 5.56 Å². The fraction of sp³-hybridized carbons (Fsp3) is 0.294. The molecule has 1 nitrogen and oxygen atoms in total. The molecule has 0 spiro atoms. The predicted octanol–water partition coefficient (Wildman–Crippen LogP) is 4.31. The summed E-state index contributed by atoms with van der Waals surface area (Å²) in [6.07, 6.45) is 0.511. The van der Waals surface area contributed by atoms with Crippen molar-refractivity contribution in [2.45, 2.75) is 26.3 Å². The first-order valence-corrected chi connectivity index (χ1v) is 6.95. The smallest absolute Gasteiger partial charge is 0.194 e. The molecule has 2 aromatic carbocycles. The monoisotopic (exact) mass is 293 g/mol. The van der Waals surface area contributed by atoms with Crippen molar-refractivity contribution in [1.29, 1.82) is 0 Å². The Hall–Kier alpha value is -1.81. The molecule has 0 saturated heterocycles. The van der Waals surface area contributed by atoms with Crippen molar-refractivity contribution in [1.82, 2.24) is 5.32 Å². The highest BCUT2D eigenvalue weighted by Crippen LogP contribution is 2.24. The Morgan fingerprint density at radius 3 is 2.48 bits per heavy atom. The molecule has 1 atom stereocenters. The lowest BCUT2D eigenvalue weighted by atomic mass is 9.97. The van der Waals surface area contributed by atoms with Gasteiger partial charge in [0.25, 0.3) is 0 Å². The van der Waals surface area contributed by atoms with Gasteiger partial charge in [-0.3, -0.25) is 0 Å². The Balaban J connectivity index is 2.33. The second kappa shape index (κ2) is 6.76. The van der Waals surface area contributed by atoms with Crippen LogP contribution in [-0.2, 0) is 6.42 Å². The molecule has 0 saturated carbocycles. The van der Waals surface area contributed by atoms with Crippen LogP contribution in [0.3, 0.4) is 0 Å². The minimum Gasteiger partial charge on any atom is -0.310 e. The molecule has 2 rings (SSSR count). The van der Waals surface area contributed by atoms with Crippen molar-refractivity contribution in [2.24, 2.45) is 0 Å². The molecule has 0 fully saturated rings. The maximum atomic E-state index is 14.0. The van der Waals surface area contributed by atoms with Gasteiger partial charge in [0.2, 0.25) is 0 Å². The zero-order valence-electron chi connectivity index (χ0n) is 12.1. The van der Waals surface area contributed by atoms with Crippen LogP contribution in [0.1, 0.15) is 29.7 Å². The van der Waals surface area contributed by atoms with E-state index in [1.165, 1.54) is 6.07 Å². The SMILES string of the molecule is CCNC(Cc1cccc(C)c1)c1ccc(F)c(F)c1F. The van der Waals surface area contributed by atoms with Gasteiger partial charge in [0, 0.05) is 11.6 Å². The Morgan fingerprint density at radius 2 is 1.81 bits per heavy atom. The first-order valence-electron chi connectivity index (χ1n) is 6.95. The van der Waals surface area contributed by atoms with Gasteiger partial charge >= 0.3 is 0 Å². The first-order chi connectivity index (χ1) is 10.0. The second-order valence-electron chi connectivity index (χ2n) is 5.07. The van der Waals surface area contributed by atoms with Gasteiger partial charge < -0.3 is 5.32 Å². The summed E-state index contributed by atoms with van der Waals surface area (Å²) in [5.74, 6) is -3.70. The first kappa shape index (κ1) is 15.6. The molecule has 0 bridgehead atoms. The molecule has 112 valence electrons. The summed E-state index contributed by atoms with van der Waals surface area (Å²) in [6, 6.07) is 9.72. The van der Waals surface area contributed by atoms with Gasteiger partial charge in [-0.05, 0) is 31.5 Å². The highest BCUT2D eigenvalue weighted by atomic mass is 19.2. The number of benzene rings is 2. The molecule has 1 N–H and O–H groups in total. The summed E-state index contributed by atoms with van der Waals surface area (Å²) in [5.41, 5.74) is 2.27. The highest BCUT2D eigenvalue weighted by Gasteiger charge is 2.20. The number of halogens is 3. The molecular weight excluding hydrogens is 275 g/mol. The van der Waals surface area contributed by atoms with Crippen molar-refractivity contribution in [3.63, 3.8) is 0 Å². The highest BCUT2D eigenvalue weighted by molar-refractivity contribution is 5.28. The topological polar surface area (TPSA) is 12.0 Å². The third kappa shape index (κ3) is 3.64. The zero-order valence-corrected chi connectivity index (χ0v) is 12.1. The number of likely N-dealkylation sites (N-methyl/N-ethyl adjacent to an activating group) is 1. The van der Waals surface area contributed by atoms with Gasteiger partial charge in [0.05, 0.1) is 0 Å². The molecule has 0 aliphatic heterocycles. The van der Waals surface area contributed by atoms with Gasteiger partial charge in [-0.1, -0.05) is 42.8 Å². The van der Waals surface area contributed by atoms with Crippen LogP contribution in [0.5, 0.6) is 0 Å². The van der Waals surface area contributed by atoms with Crippen LogP contribution in [-0.4, -0.2) is 6.54 Å². The quantitative estimate of drug-likeness (QED) is 0.810. The minimum absolute atomic E-state index is 0.150. The van der Waals surface area contributed by atoms with Crippen LogP contribution in [0, 0.1) is 24.4 Å². The van der Waals surface area contributed by atoms with E-state index in [1.54, 1.807) is 0 Å². The number of aryl methyl sites for hydroxylation is 1. The van der Waals surface area contributed by atoms with E-state index in [1.807, 2.05) is 38.1 Å². The second-order valence-corrected chi connectivity index (χ2v) is 5.07. The molecule has 0 aliphatic carbocycles. The molecule has 0 amide bonds. The van der Waals surface area contributed by atoms with Crippen molar-refractivity contribution in [2.75, 3.05) is 6.54 Å². The van der Waals surface area contributed by atoms with E-state index in [4.69, 9.17) is 0 Å². The van der Waals surface area contributed by atoms with E-state index in [2.05, 4.69) is 5.32 Å². The fourth-order valence-electron chi connectivity index (χ4n) is 2.42. The van der Waals surface area contributed by atoms with Crippen LogP contribution in [0.25, 0.3) is 0 Å². The maximum Gasteiger partial charge on any atom is 0.194 e. The van der Waals surface area contributed by atoms with Gasteiger partial charge in [-0.15, -0.1) is 0 Å². The van der Waals surface area contributed by atoms with E-state index < -0.39 is 23.5 Å². The van der Waals surface area contributed by atoms with Crippen molar-refractivity contribution < 1.29 is 13.2 Å². The third-order valence-electron chi connectivity index (χ3n) is 3.41. The van der Waals surface area contributed by atoms with Gasteiger partial charge in [0.15, 0.2) is 17.5 Å². The Bertz CT molecular complexity index is 625. The van der Waals surface area contributed by atoms with E-state index in [9.17, 15) is 13.2 Å². The van der Waals surface area contributed by atoms with Gasteiger partial charge in [0.1, 0.15) is 0 Å². The molecule has 2 aromatic rings. The number of hydrogen-bond donors (Lipinski definition) is 1. The summed E-state index contributed by atoms with van der Waals surface area (Å²) in [5, 5.41) is 3.13. The summed E-state index contributed by atoms with van der Waals surface area (Å²) in [7, 11) is 0. The molecule has 21 heavy (non-hydrogen) atoms. The Labute approximate surface area is 122 Å². The van der Waals surface area contributed by atoms with E-state index >= 15 is 0 Å². The average molecular weight is 293 g/mol. The van der Waals surface area contributed by atoms with Gasteiger partial charge in [-0.25, -0.2) is 13.2 Å². The van der Waals surface area contributed by atoms with Crippen molar-refractivity contribution in [3.8, 4) is 0 Å². The molecular formula is C17H18F3N. The minimum atomic E-state index is -1.42. The lowest BCUT2D eigenvalue weighted by Crippen LogP contribution is -2.24. The largest absolute Gasteiger partial charge is 0.310 e. The lowest BCUT2D eigenvalue weighted by Gasteiger charge is -2.19. The summed E-state index contributed by atoms with van der Waals surface area (Å²) < 4.78 is 40.4.